The summed E-state index contributed by atoms with van der Waals surface area (Å²) >= 11 is 5.92. The maximum absolute atomic E-state index is 12.0. The van der Waals surface area contributed by atoms with Gasteiger partial charge in [0.05, 0.1) is 9.95 Å². The second-order valence-corrected chi connectivity index (χ2v) is 4.81. The fourth-order valence-corrected chi connectivity index (χ4v) is 2.08. The van der Waals surface area contributed by atoms with Crippen LogP contribution < -0.4 is 16.4 Å². The molecule has 0 saturated heterocycles. The van der Waals surface area contributed by atoms with Crippen LogP contribution in [0.3, 0.4) is 0 Å². The maximum Gasteiger partial charge on any atom is 0.294 e. The van der Waals surface area contributed by atoms with E-state index in [2.05, 4.69) is 10.6 Å². The van der Waals surface area contributed by atoms with E-state index in [0.717, 1.165) is 6.07 Å². The highest BCUT2D eigenvalue weighted by Crippen LogP contribution is 2.33. The number of nitrogens with one attached hydrogen (secondary N) is 2. The highest BCUT2D eigenvalue weighted by atomic mass is 35.5. The normalized spacial score (nSPS) is 11.6. The highest BCUT2D eigenvalue weighted by Gasteiger charge is 2.21. The number of rotatable bonds is 6. The number of hydrogen-bond acceptors (Lipinski definition) is 5. The van der Waals surface area contributed by atoms with Crippen LogP contribution >= 0.6 is 11.6 Å². The number of anilines is 1. The molecule has 0 aliphatic rings. The molecule has 1 atom stereocenters. The third-order valence-electron chi connectivity index (χ3n) is 2.66. The molecule has 21 heavy (non-hydrogen) atoms. The summed E-state index contributed by atoms with van der Waals surface area (Å²) in [6.45, 7) is 1.60. The number of nitro benzene ring substituents is 1. The number of halogens is 1. The van der Waals surface area contributed by atoms with Crippen LogP contribution in [-0.4, -0.2) is 29.8 Å². The van der Waals surface area contributed by atoms with Gasteiger partial charge >= 0.3 is 0 Å². The maximum atomic E-state index is 12.0. The fraction of sp³-hybridized carbons (Fsp3) is 0.333. The van der Waals surface area contributed by atoms with Gasteiger partial charge in [0, 0.05) is 31.1 Å². The first-order chi connectivity index (χ1) is 9.76. The van der Waals surface area contributed by atoms with E-state index in [-0.39, 0.29) is 28.4 Å². The van der Waals surface area contributed by atoms with E-state index in [9.17, 15) is 19.7 Å². The van der Waals surface area contributed by atoms with Crippen molar-refractivity contribution in [1.82, 2.24) is 5.32 Å². The molecule has 4 N–H and O–H groups in total. The van der Waals surface area contributed by atoms with Crippen molar-refractivity contribution in [1.29, 1.82) is 0 Å². The van der Waals surface area contributed by atoms with Gasteiger partial charge in [-0.1, -0.05) is 11.6 Å². The summed E-state index contributed by atoms with van der Waals surface area (Å²) in [4.78, 5) is 33.1. The molecule has 0 aromatic heterocycles. The van der Waals surface area contributed by atoms with E-state index in [1.54, 1.807) is 6.92 Å². The molecule has 0 saturated carbocycles. The molecule has 114 valence electrons. The van der Waals surface area contributed by atoms with Crippen LogP contribution in [0.2, 0.25) is 5.02 Å². The zero-order valence-electron chi connectivity index (χ0n) is 11.5. The molecule has 1 rings (SSSR count). The first-order valence-electron chi connectivity index (χ1n) is 6.01. The number of carbonyl (C=O) groups excluding carboxylic acids is 2. The Balaban J connectivity index is 3.06. The Hall–Kier alpha value is -2.35. The van der Waals surface area contributed by atoms with Gasteiger partial charge < -0.3 is 16.4 Å². The van der Waals surface area contributed by atoms with E-state index in [0.29, 0.717) is 0 Å². The zero-order valence-corrected chi connectivity index (χ0v) is 12.2. The van der Waals surface area contributed by atoms with Crippen molar-refractivity contribution in [2.24, 2.45) is 5.73 Å². The van der Waals surface area contributed by atoms with Gasteiger partial charge in [0.25, 0.3) is 11.6 Å². The van der Waals surface area contributed by atoms with Gasteiger partial charge in [0.1, 0.15) is 5.69 Å². The summed E-state index contributed by atoms with van der Waals surface area (Å²) in [7, 11) is 1.49. The molecule has 1 aromatic carbocycles. The summed E-state index contributed by atoms with van der Waals surface area (Å²) in [6, 6.07) is 1.94. The molecule has 1 unspecified atom stereocenters. The van der Waals surface area contributed by atoms with Crippen molar-refractivity contribution in [2.75, 3.05) is 12.4 Å². The number of nitro groups is 1. The smallest absolute Gasteiger partial charge is 0.294 e. The lowest BCUT2D eigenvalue weighted by Gasteiger charge is -2.13. The lowest BCUT2D eigenvalue weighted by Crippen LogP contribution is -2.35. The lowest BCUT2D eigenvalue weighted by atomic mass is 10.1. The minimum atomic E-state index is -0.638. The van der Waals surface area contributed by atoms with Gasteiger partial charge in [0.15, 0.2) is 0 Å². The molecule has 2 amide bonds. The molecule has 1 aromatic rings. The molecule has 0 aliphatic heterocycles. The van der Waals surface area contributed by atoms with Crippen molar-refractivity contribution >= 4 is 34.8 Å². The van der Waals surface area contributed by atoms with E-state index in [1.807, 2.05) is 0 Å². The number of benzene rings is 1. The molecule has 0 bridgehead atoms. The van der Waals surface area contributed by atoms with Gasteiger partial charge in [0.2, 0.25) is 5.91 Å². The van der Waals surface area contributed by atoms with Gasteiger partial charge in [-0.3, -0.25) is 19.7 Å². The van der Waals surface area contributed by atoms with Crippen LogP contribution in [-0.2, 0) is 4.79 Å². The second-order valence-electron chi connectivity index (χ2n) is 4.40. The fourth-order valence-electron chi connectivity index (χ4n) is 1.77. The number of nitrogens with two attached hydrogens (primary N) is 1. The van der Waals surface area contributed by atoms with Crippen molar-refractivity contribution in [2.45, 2.75) is 19.4 Å². The predicted molar refractivity (Wildman–Crippen MR) is 78.4 cm³/mol. The molecule has 0 heterocycles. The predicted octanol–water partition coefficient (Wildman–Crippen LogP) is 1.28. The molecule has 8 nitrogen and oxygen atoms in total. The van der Waals surface area contributed by atoms with Gasteiger partial charge in [-0.25, -0.2) is 0 Å². The largest absolute Gasteiger partial charge is 0.381 e. The van der Waals surface area contributed by atoms with E-state index in [4.69, 9.17) is 17.3 Å². The second kappa shape index (κ2) is 6.89. The summed E-state index contributed by atoms with van der Waals surface area (Å²) in [5, 5.41) is 16.2. The molecule has 0 fully saturated rings. The Kier molecular flexibility index (Phi) is 5.48. The van der Waals surface area contributed by atoms with Gasteiger partial charge in [-0.05, 0) is 13.0 Å². The third-order valence-corrected chi connectivity index (χ3v) is 2.96. The lowest BCUT2D eigenvalue weighted by molar-refractivity contribution is -0.383. The Morgan fingerprint density at radius 2 is 2.10 bits per heavy atom. The Morgan fingerprint density at radius 3 is 2.57 bits per heavy atom. The SMILES string of the molecule is CNc1c(Cl)cc(C(=O)NC(C)CC(N)=O)cc1[N+](=O)[O-]. The topological polar surface area (TPSA) is 127 Å². The third kappa shape index (κ3) is 4.32. The van der Waals surface area contributed by atoms with Crippen LogP contribution in [0.1, 0.15) is 23.7 Å². The molecular formula is C12H15ClN4O4. The van der Waals surface area contributed by atoms with Crippen molar-refractivity contribution in [3.05, 3.63) is 32.8 Å². The average Bonchev–Trinajstić information content (AvgIpc) is 2.36. The molecule has 0 radical (unpaired) electrons. The minimum Gasteiger partial charge on any atom is -0.381 e. The monoisotopic (exact) mass is 314 g/mol. The first-order valence-corrected chi connectivity index (χ1v) is 6.39. The summed E-state index contributed by atoms with van der Waals surface area (Å²) in [5.74, 6) is -1.13. The summed E-state index contributed by atoms with van der Waals surface area (Å²) < 4.78 is 0. The number of primary amides is 1. The van der Waals surface area contributed by atoms with Crippen molar-refractivity contribution in [3.8, 4) is 0 Å². The van der Waals surface area contributed by atoms with Crippen LogP contribution in [0.15, 0.2) is 12.1 Å². The van der Waals surface area contributed by atoms with E-state index in [1.165, 1.54) is 13.1 Å². The summed E-state index contributed by atoms with van der Waals surface area (Å²) in [5.41, 5.74) is 4.87. The molecule has 9 heteroatoms. The average molecular weight is 315 g/mol. The van der Waals surface area contributed by atoms with Crippen LogP contribution in [0.25, 0.3) is 0 Å². The number of nitrogens with zero attached hydrogens (tertiary/aromatic N) is 1. The van der Waals surface area contributed by atoms with Crippen molar-refractivity contribution < 1.29 is 14.5 Å². The highest BCUT2D eigenvalue weighted by molar-refractivity contribution is 6.34. The quantitative estimate of drug-likeness (QED) is 0.538. The van der Waals surface area contributed by atoms with Crippen LogP contribution in [0.5, 0.6) is 0 Å². The Morgan fingerprint density at radius 1 is 1.48 bits per heavy atom. The molecule has 0 spiro atoms. The number of carbonyl (C=O) groups is 2. The number of hydrogen-bond donors (Lipinski definition) is 3. The van der Waals surface area contributed by atoms with Crippen LogP contribution in [0.4, 0.5) is 11.4 Å². The Labute approximate surface area is 125 Å². The van der Waals surface area contributed by atoms with E-state index < -0.39 is 22.8 Å². The Bertz CT molecular complexity index is 591. The zero-order chi connectivity index (χ0) is 16.2. The standard InChI is InChI=1S/C12H15ClN4O4/c1-6(3-10(14)18)16-12(19)7-4-8(13)11(15-2)9(5-7)17(20)21/h4-6,15H,3H2,1-2H3,(H2,14,18)(H,16,19). The minimum absolute atomic E-state index is 0.0296. The van der Waals surface area contributed by atoms with E-state index >= 15 is 0 Å². The molecular weight excluding hydrogens is 300 g/mol. The number of amides is 2. The summed E-state index contributed by atoms with van der Waals surface area (Å²) in [6.07, 6.45) is -0.0316. The van der Waals surface area contributed by atoms with Gasteiger partial charge in [-0.2, -0.15) is 0 Å². The first kappa shape index (κ1) is 16.7. The van der Waals surface area contributed by atoms with Gasteiger partial charge in [-0.15, -0.1) is 0 Å². The van der Waals surface area contributed by atoms with Crippen LogP contribution in [0, 0.1) is 10.1 Å². The molecule has 0 aliphatic carbocycles. The van der Waals surface area contributed by atoms with Crippen molar-refractivity contribution in [3.63, 3.8) is 0 Å².